The molecule has 2 aromatic heterocycles. The van der Waals surface area contributed by atoms with Gasteiger partial charge < -0.3 is 24.9 Å². The standard InChI is InChI=1S/C32H30F2N4O4/c1-19-6-7-23(25(33)12-19)18-42-31-5-3-4-27(37-31)21-9-8-20(26(34)13-21)15-30-36-28-11-10-22(32(39)40)14-29(28)38(30)17-24(16-35)41-2/h3-14,24H,15-18,35H2,1-2H3,(H,39,40)/t24-/m1/s1. The summed E-state index contributed by atoms with van der Waals surface area (Å²) in [4.78, 5) is 20.7. The molecule has 0 saturated heterocycles. The average molecular weight is 573 g/mol. The number of nitrogens with two attached hydrogens (primary N) is 1. The van der Waals surface area contributed by atoms with Gasteiger partial charge in [-0.05, 0) is 54.4 Å². The molecule has 0 aliphatic heterocycles. The van der Waals surface area contributed by atoms with Crippen LogP contribution in [0.4, 0.5) is 8.78 Å². The molecule has 216 valence electrons. The number of ether oxygens (including phenoxy) is 2. The quantitative estimate of drug-likeness (QED) is 0.214. The lowest BCUT2D eigenvalue weighted by Gasteiger charge is -2.17. The maximum absolute atomic E-state index is 15.5. The zero-order chi connectivity index (χ0) is 29.8. The first-order valence-corrected chi connectivity index (χ1v) is 13.3. The fraction of sp³-hybridized carbons (Fsp3) is 0.219. The fourth-order valence-electron chi connectivity index (χ4n) is 4.69. The number of rotatable bonds is 11. The summed E-state index contributed by atoms with van der Waals surface area (Å²) in [6.07, 6.45) is -0.187. The van der Waals surface area contributed by atoms with Gasteiger partial charge in [0, 0.05) is 37.3 Å². The van der Waals surface area contributed by atoms with Gasteiger partial charge in [0.2, 0.25) is 5.88 Å². The van der Waals surface area contributed by atoms with Crippen LogP contribution in [0.2, 0.25) is 0 Å². The van der Waals surface area contributed by atoms with Crippen molar-refractivity contribution in [3.63, 3.8) is 0 Å². The zero-order valence-electron chi connectivity index (χ0n) is 23.2. The molecule has 3 aromatic carbocycles. The van der Waals surface area contributed by atoms with Crippen molar-refractivity contribution in [3.8, 4) is 17.1 Å². The molecule has 0 amide bonds. The largest absolute Gasteiger partial charge is 0.478 e. The number of aromatic nitrogens is 3. The summed E-state index contributed by atoms with van der Waals surface area (Å²) in [5, 5.41) is 9.48. The minimum Gasteiger partial charge on any atom is -0.478 e. The molecule has 5 aromatic rings. The Labute approximate surface area is 241 Å². The van der Waals surface area contributed by atoms with Crippen molar-refractivity contribution < 1.29 is 28.2 Å². The van der Waals surface area contributed by atoms with Gasteiger partial charge >= 0.3 is 5.97 Å². The Balaban J connectivity index is 1.39. The molecule has 0 aliphatic carbocycles. The van der Waals surface area contributed by atoms with Crippen molar-refractivity contribution >= 4 is 17.0 Å². The molecule has 3 N–H and O–H groups in total. The Kier molecular flexibility index (Phi) is 8.56. The van der Waals surface area contributed by atoms with E-state index < -0.39 is 11.8 Å². The minimum absolute atomic E-state index is 0.0128. The van der Waals surface area contributed by atoms with E-state index in [1.165, 1.54) is 18.2 Å². The number of fused-ring (bicyclic) bond motifs is 1. The molecule has 0 radical (unpaired) electrons. The van der Waals surface area contributed by atoms with Crippen molar-refractivity contribution in [3.05, 3.63) is 113 Å². The van der Waals surface area contributed by atoms with Gasteiger partial charge in [-0.25, -0.2) is 23.5 Å². The third-order valence-corrected chi connectivity index (χ3v) is 7.06. The van der Waals surface area contributed by atoms with Crippen molar-refractivity contribution in [2.75, 3.05) is 13.7 Å². The number of imidazole rings is 1. The van der Waals surface area contributed by atoms with Gasteiger partial charge in [-0.2, -0.15) is 0 Å². The number of benzene rings is 3. The van der Waals surface area contributed by atoms with Gasteiger partial charge in [0.1, 0.15) is 24.1 Å². The summed E-state index contributed by atoms with van der Waals surface area (Å²) in [6.45, 7) is 2.39. The smallest absolute Gasteiger partial charge is 0.335 e. The number of halogens is 2. The number of pyridine rings is 1. The van der Waals surface area contributed by atoms with E-state index in [1.807, 2.05) is 17.6 Å². The van der Waals surface area contributed by atoms with Crippen LogP contribution in [0.5, 0.6) is 5.88 Å². The molecule has 0 bridgehead atoms. The highest BCUT2D eigenvalue weighted by molar-refractivity contribution is 5.92. The molecule has 42 heavy (non-hydrogen) atoms. The Hall–Kier alpha value is -4.67. The first-order valence-electron chi connectivity index (χ1n) is 13.3. The monoisotopic (exact) mass is 572 g/mol. The highest BCUT2D eigenvalue weighted by Gasteiger charge is 2.19. The molecule has 0 spiro atoms. The summed E-state index contributed by atoms with van der Waals surface area (Å²) in [5.41, 5.74) is 9.84. The summed E-state index contributed by atoms with van der Waals surface area (Å²) < 4.78 is 42.6. The van der Waals surface area contributed by atoms with Crippen molar-refractivity contribution in [2.45, 2.75) is 32.6 Å². The minimum atomic E-state index is -1.06. The first kappa shape index (κ1) is 28.8. The SMILES string of the molecule is CO[C@H](CN)Cn1c(Cc2ccc(-c3cccc(OCc4ccc(C)cc4F)n3)cc2F)nc2ccc(C(=O)O)cc21. The van der Waals surface area contributed by atoms with Gasteiger partial charge in [0.15, 0.2) is 0 Å². The van der Waals surface area contributed by atoms with E-state index in [2.05, 4.69) is 9.97 Å². The number of aryl methyl sites for hydroxylation is 1. The lowest BCUT2D eigenvalue weighted by atomic mass is 10.1. The molecule has 5 rings (SSSR count). The fourth-order valence-corrected chi connectivity index (χ4v) is 4.69. The topological polar surface area (TPSA) is 112 Å². The van der Waals surface area contributed by atoms with Crippen LogP contribution in [0.25, 0.3) is 22.3 Å². The third-order valence-electron chi connectivity index (χ3n) is 7.06. The molecule has 0 aliphatic rings. The van der Waals surface area contributed by atoms with Crippen molar-refractivity contribution in [1.82, 2.24) is 14.5 Å². The van der Waals surface area contributed by atoms with E-state index in [0.717, 1.165) is 5.56 Å². The number of nitrogens with zero attached hydrogens (tertiary/aromatic N) is 3. The zero-order valence-corrected chi connectivity index (χ0v) is 23.2. The second-order valence-corrected chi connectivity index (χ2v) is 9.97. The Morgan fingerprint density at radius 3 is 2.50 bits per heavy atom. The number of hydrogen-bond acceptors (Lipinski definition) is 6. The molecular formula is C32H30F2N4O4. The normalized spacial score (nSPS) is 12.0. The van der Waals surface area contributed by atoms with Gasteiger partial charge in [-0.15, -0.1) is 0 Å². The molecule has 0 fully saturated rings. The Bertz CT molecular complexity index is 1750. The van der Waals surface area contributed by atoms with Crippen LogP contribution >= 0.6 is 0 Å². The van der Waals surface area contributed by atoms with Crippen LogP contribution in [-0.4, -0.2) is 45.4 Å². The molecule has 2 heterocycles. The predicted octanol–water partition coefficient (Wildman–Crippen LogP) is 5.53. The molecule has 1 atom stereocenters. The van der Waals surface area contributed by atoms with E-state index in [0.29, 0.717) is 51.7 Å². The van der Waals surface area contributed by atoms with Crippen molar-refractivity contribution in [1.29, 1.82) is 0 Å². The van der Waals surface area contributed by atoms with E-state index >= 15 is 4.39 Å². The summed E-state index contributed by atoms with van der Waals surface area (Å²) in [7, 11) is 1.55. The number of carboxylic acids is 1. The number of carbonyl (C=O) groups is 1. The van der Waals surface area contributed by atoms with Crippen LogP contribution in [0.15, 0.2) is 72.8 Å². The van der Waals surface area contributed by atoms with Gasteiger partial charge in [-0.1, -0.05) is 30.3 Å². The lowest BCUT2D eigenvalue weighted by molar-refractivity contribution is 0.0697. The highest BCUT2D eigenvalue weighted by Crippen LogP contribution is 2.26. The van der Waals surface area contributed by atoms with Crippen LogP contribution in [-0.2, 0) is 24.3 Å². The molecule has 8 nitrogen and oxygen atoms in total. The maximum Gasteiger partial charge on any atom is 0.335 e. The van der Waals surface area contributed by atoms with Gasteiger partial charge in [-0.3, -0.25) is 0 Å². The summed E-state index contributed by atoms with van der Waals surface area (Å²) in [5.74, 6) is -1.01. The van der Waals surface area contributed by atoms with Crippen LogP contribution in [0.1, 0.15) is 32.9 Å². The second-order valence-electron chi connectivity index (χ2n) is 9.97. The first-order chi connectivity index (χ1) is 20.2. The Morgan fingerprint density at radius 2 is 1.79 bits per heavy atom. The van der Waals surface area contributed by atoms with Crippen LogP contribution < -0.4 is 10.5 Å². The third kappa shape index (κ3) is 6.29. The van der Waals surface area contributed by atoms with E-state index in [-0.39, 0.29) is 37.1 Å². The maximum atomic E-state index is 15.5. The van der Waals surface area contributed by atoms with Gasteiger partial charge in [0.25, 0.3) is 0 Å². The van der Waals surface area contributed by atoms with Crippen LogP contribution in [0, 0.1) is 18.6 Å². The van der Waals surface area contributed by atoms with Crippen LogP contribution in [0.3, 0.4) is 0 Å². The molecular weight excluding hydrogens is 542 g/mol. The number of aromatic carboxylic acids is 1. The number of hydrogen-bond donors (Lipinski definition) is 2. The second kappa shape index (κ2) is 12.5. The highest BCUT2D eigenvalue weighted by atomic mass is 19.1. The Morgan fingerprint density at radius 1 is 1.00 bits per heavy atom. The summed E-state index contributed by atoms with van der Waals surface area (Å²) in [6, 6.07) is 19.6. The van der Waals surface area contributed by atoms with E-state index in [1.54, 1.807) is 55.6 Å². The predicted molar refractivity (Wildman–Crippen MR) is 154 cm³/mol. The van der Waals surface area contributed by atoms with E-state index in [4.69, 9.17) is 15.2 Å². The van der Waals surface area contributed by atoms with E-state index in [9.17, 15) is 14.3 Å². The molecule has 10 heteroatoms. The molecule has 0 unspecified atom stereocenters. The average Bonchev–Trinajstić information content (AvgIpc) is 3.32. The number of methoxy groups -OCH3 is 1. The van der Waals surface area contributed by atoms with Gasteiger partial charge in [0.05, 0.1) is 34.9 Å². The number of carboxylic acid groups (broad SMARTS) is 1. The molecule has 0 saturated carbocycles. The lowest BCUT2D eigenvalue weighted by Crippen LogP contribution is -2.28. The van der Waals surface area contributed by atoms with Crippen molar-refractivity contribution in [2.24, 2.45) is 5.73 Å². The summed E-state index contributed by atoms with van der Waals surface area (Å²) >= 11 is 0.